The first kappa shape index (κ1) is 24.4. The van der Waals surface area contributed by atoms with Gasteiger partial charge >= 0.3 is 0 Å². The van der Waals surface area contributed by atoms with Crippen molar-refractivity contribution in [3.05, 3.63) is 77.0 Å². The Bertz CT molecular complexity index is 1080. The first-order valence-corrected chi connectivity index (χ1v) is 12.7. The normalized spacial score (nSPS) is 16.5. The number of aliphatic hydroxyl groups is 2. The Morgan fingerprint density at radius 3 is 2.76 bits per heavy atom. The van der Waals surface area contributed by atoms with Gasteiger partial charge in [0.25, 0.3) is 0 Å². The molecule has 4 heteroatoms. The third-order valence-corrected chi connectivity index (χ3v) is 7.14. The van der Waals surface area contributed by atoms with Crippen LogP contribution in [0.15, 0.2) is 54.7 Å². The maximum atomic E-state index is 9.92. The second-order valence-electron chi connectivity index (χ2n) is 9.88. The average molecular weight is 459 g/mol. The van der Waals surface area contributed by atoms with Gasteiger partial charge < -0.3 is 15.5 Å². The second-order valence-corrected chi connectivity index (χ2v) is 9.88. The fraction of sp³-hybridized carbons (Fsp3) is 0.433. The van der Waals surface area contributed by atoms with Gasteiger partial charge in [-0.1, -0.05) is 37.1 Å². The van der Waals surface area contributed by atoms with Crippen molar-refractivity contribution >= 4 is 11.4 Å². The lowest BCUT2D eigenvalue weighted by Crippen LogP contribution is -2.10. The molecule has 0 bridgehead atoms. The summed E-state index contributed by atoms with van der Waals surface area (Å²) in [5, 5.41) is 22.6. The lowest BCUT2D eigenvalue weighted by Gasteiger charge is -2.18. The van der Waals surface area contributed by atoms with Gasteiger partial charge in [-0.3, -0.25) is 4.98 Å². The number of aromatic nitrogens is 1. The molecule has 0 fully saturated rings. The topological polar surface area (TPSA) is 65.4 Å². The molecule has 0 aliphatic heterocycles. The van der Waals surface area contributed by atoms with E-state index in [1.54, 1.807) is 0 Å². The standard InChI is InChI=1S/C30H38N2O2/c1-21-12-15-29(31-20-21)28-19-25(14-13-22(28)2)32-30-11-5-8-24-18-23(7-4-10-27(24)30)6-3-9-26(34)16-17-33/h5,8,11-15,19-20,23,26,32-34H,3-4,6-7,9-10,16-18H2,1-2H3. The van der Waals surface area contributed by atoms with Crippen LogP contribution in [0.3, 0.4) is 0 Å². The number of anilines is 2. The number of rotatable bonds is 9. The minimum atomic E-state index is -0.367. The Kier molecular flexibility index (Phi) is 8.36. The highest BCUT2D eigenvalue weighted by molar-refractivity contribution is 5.73. The Balaban J connectivity index is 1.48. The van der Waals surface area contributed by atoms with Crippen LogP contribution in [0.4, 0.5) is 11.4 Å². The van der Waals surface area contributed by atoms with E-state index < -0.39 is 0 Å². The summed E-state index contributed by atoms with van der Waals surface area (Å²) >= 11 is 0. The van der Waals surface area contributed by atoms with Gasteiger partial charge in [-0.15, -0.1) is 0 Å². The molecule has 0 saturated heterocycles. The molecule has 1 aliphatic carbocycles. The van der Waals surface area contributed by atoms with Gasteiger partial charge in [0.15, 0.2) is 0 Å². The van der Waals surface area contributed by atoms with Gasteiger partial charge in [-0.25, -0.2) is 0 Å². The van der Waals surface area contributed by atoms with Gasteiger partial charge in [0.05, 0.1) is 11.8 Å². The predicted octanol–water partition coefficient (Wildman–Crippen LogP) is 6.52. The monoisotopic (exact) mass is 458 g/mol. The molecule has 4 nitrogen and oxygen atoms in total. The summed E-state index contributed by atoms with van der Waals surface area (Å²) in [4.78, 5) is 4.64. The third kappa shape index (κ3) is 6.25. The van der Waals surface area contributed by atoms with Gasteiger partial charge in [-0.05, 0) is 105 Å². The second kappa shape index (κ2) is 11.6. The van der Waals surface area contributed by atoms with Crippen molar-refractivity contribution in [1.82, 2.24) is 4.98 Å². The van der Waals surface area contributed by atoms with E-state index in [0.29, 0.717) is 12.3 Å². The Morgan fingerprint density at radius 2 is 1.97 bits per heavy atom. The number of hydrogen-bond donors (Lipinski definition) is 3. The zero-order valence-electron chi connectivity index (χ0n) is 20.6. The Labute approximate surface area is 204 Å². The zero-order chi connectivity index (χ0) is 23.9. The SMILES string of the molecule is Cc1ccc(-c2cc(Nc3cccc4c3CCCC(CCCC(O)CCO)C4)ccc2C)nc1. The maximum Gasteiger partial charge on any atom is 0.0705 e. The van der Waals surface area contributed by atoms with Crippen molar-refractivity contribution in [2.45, 2.75) is 71.3 Å². The van der Waals surface area contributed by atoms with Crippen LogP contribution in [-0.4, -0.2) is 27.9 Å². The Hall–Kier alpha value is -2.69. The van der Waals surface area contributed by atoms with Gasteiger partial charge in [0.1, 0.15) is 0 Å². The van der Waals surface area contributed by atoms with Crippen molar-refractivity contribution in [1.29, 1.82) is 0 Å². The number of aryl methyl sites for hydroxylation is 2. The van der Waals surface area contributed by atoms with Crippen LogP contribution in [-0.2, 0) is 12.8 Å². The highest BCUT2D eigenvalue weighted by Crippen LogP contribution is 2.34. The highest BCUT2D eigenvalue weighted by atomic mass is 16.3. The van der Waals surface area contributed by atoms with Gasteiger partial charge in [-0.2, -0.15) is 0 Å². The largest absolute Gasteiger partial charge is 0.396 e. The molecule has 0 radical (unpaired) electrons. The molecule has 0 amide bonds. The summed E-state index contributed by atoms with van der Waals surface area (Å²) in [5.74, 6) is 0.663. The van der Waals surface area contributed by atoms with E-state index in [1.807, 2.05) is 6.20 Å². The number of aliphatic hydroxyl groups excluding tert-OH is 2. The van der Waals surface area contributed by atoms with E-state index >= 15 is 0 Å². The molecule has 1 heterocycles. The third-order valence-electron chi connectivity index (χ3n) is 7.14. The van der Waals surface area contributed by atoms with Crippen LogP contribution in [0.2, 0.25) is 0 Å². The molecule has 2 unspecified atom stereocenters. The number of hydrogen-bond acceptors (Lipinski definition) is 4. The molecule has 2 atom stereocenters. The van der Waals surface area contributed by atoms with Crippen molar-refractivity contribution < 1.29 is 10.2 Å². The van der Waals surface area contributed by atoms with E-state index in [2.05, 4.69) is 72.7 Å². The molecule has 1 aliphatic rings. The molecule has 1 aromatic heterocycles. The van der Waals surface area contributed by atoms with E-state index in [1.165, 1.54) is 40.8 Å². The molecule has 4 rings (SSSR count). The summed E-state index contributed by atoms with van der Waals surface area (Å²) in [5.41, 5.74) is 9.76. The molecule has 3 aromatic rings. The van der Waals surface area contributed by atoms with Gasteiger partial charge in [0.2, 0.25) is 0 Å². The fourth-order valence-corrected chi connectivity index (χ4v) is 5.16. The van der Waals surface area contributed by atoms with E-state index in [9.17, 15) is 5.11 Å². The minimum Gasteiger partial charge on any atom is -0.396 e. The van der Waals surface area contributed by atoms with Crippen LogP contribution >= 0.6 is 0 Å². The number of benzene rings is 2. The molecule has 2 aromatic carbocycles. The van der Waals surface area contributed by atoms with Crippen LogP contribution < -0.4 is 5.32 Å². The first-order valence-electron chi connectivity index (χ1n) is 12.7. The summed E-state index contributed by atoms with van der Waals surface area (Å²) < 4.78 is 0. The molecule has 0 spiro atoms. The van der Waals surface area contributed by atoms with Crippen LogP contribution in [0.1, 0.15) is 60.8 Å². The zero-order valence-corrected chi connectivity index (χ0v) is 20.6. The highest BCUT2D eigenvalue weighted by Gasteiger charge is 2.19. The summed E-state index contributed by atoms with van der Waals surface area (Å²) in [6.45, 7) is 4.27. The quantitative estimate of drug-likeness (QED) is 0.320. The molecule has 180 valence electrons. The van der Waals surface area contributed by atoms with Crippen molar-refractivity contribution in [3.63, 3.8) is 0 Å². The van der Waals surface area contributed by atoms with Crippen LogP contribution in [0.25, 0.3) is 11.3 Å². The van der Waals surface area contributed by atoms with E-state index in [4.69, 9.17) is 5.11 Å². The molecule has 3 N–H and O–H groups in total. The number of pyridine rings is 1. The molecular formula is C30H38N2O2. The number of fused-ring (bicyclic) bond motifs is 1. The lowest BCUT2D eigenvalue weighted by atomic mass is 9.91. The van der Waals surface area contributed by atoms with Crippen molar-refractivity contribution in [2.75, 3.05) is 11.9 Å². The minimum absolute atomic E-state index is 0.0672. The molecule has 34 heavy (non-hydrogen) atoms. The van der Waals surface area contributed by atoms with Crippen LogP contribution in [0.5, 0.6) is 0 Å². The Morgan fingerprint density at radius 1 is 1.09 bits per heavy atom. The number of nitrogens with zero attached hydrogens (tertiary/aromatic N) is 1. The number of nitrogens with one attached hydrogen (secondary N) is 1. The summed E-state index contributed by atoms with van der Waals surface area (Å²) in [6.07, 6.45) is 9.64. The van der Waals surface area contributed by atoms with Crippen molar-refractivity contribution in [3.8, 4) is 11.3 Å². The van der Waals surface area contributed by atoms with Crippen LogP contribution in [0, 0.1) is 19.8 Å². The first-order chi connectivity index (χ1) is 16.5. The maximum absolute atomic E-state index is 9.92. The molecular weight excluding hydrogens is 420 g/mol. The molecule has 0 saturated carbocycles. The fourth-order valence-electron chi connectivity index (χ4n) is 5.16. The van der Waals surface area contributed by atoms with Crippen molar-refractivity contribution in [2.24, 2.45) is 5.92 Å². The van der Waals surface area contributed by atoms with Gasteiger partial charge in [0, 0.05) is 29.7 Å². The average Bonchev–Trinajstić information content (AvgIpc) is 3.04. The predicted molar refractivity (Wildman–Crippen MR) is 141 cm³/mol. The van der Waals surface area contributed by atoms with E-state index in [0.717, 1.165) is 49.0 Å². The van der Waals surface area contributed by atoms with E-state index in [-0.39, 0.29) is 12.7 Å². The lowest BCUT2D eigenvalue weighted by molar-refractivity contribution is 0.121. The smallest absolute Gasteiger partial charge is 0.0705 e. The summed E-state index contributed by atoms with van der Waals surface area (Å²) in [7, 11) is 0. The summed E-state index contributed by atoms with van der Waals surface area (Å²) in [6, 6.07) is 17.4.